The van der Waals surface area contributed by atoms with Gasteiger partial charge in [0.1, 0.15) is 0 Å². The lowest BCUT2D eigenvalue weighted by Gasteiger charge is -2.37. The largest absolute Gasteiger partial charge is 0.478 e. The number of hydrogen-bond acceptors (Lipinski definition) is 4. The van der Waals surface area contributed by atoms with Crippen LogP contribution in [0.1, 0.15) is 35.7 Å². The van der Waals surface area contributed by atoms with Gasteiger partial charge in [0.15, 0.2) is 0 Å². The Kier molecular flexibility index (Phi) is 4.47. The van der Waals surface area contributed by atoms with Gasteiger partial charge in [-0.15, -0.1) is 0 Å². The summed E-state index contributed by atoms with van der Waals surface area (Å²) >= 11 is 0. The van der Waals surface area contributed by atoms with Gasteiger partial charge in [0.2, 0.25) is 5.91 Å². The van der Waals surface area contributed by atoms with Gasteiger partial charge in [0.25, 0.3) is 0 Å². The van der Waals surface area contributed by atoms with E-state index in [2.05, 4.69) is 11.8 Å². The van der Waals surface area contributed by atoms with Gasteiger partial charge in [0.05, 0.1) is 11.5 Å². The standard InChI is InChI=1S/C15H21N3O3/c1-9-5-6-11(14(17)19)8-18(9)7-10-3-2-4-12(16)13(10)15(20)21/h2-4,9,11H,5-8,16H2,1H3,(H2,17,19)(H,20,21). The van der Waals surface area contributed by atoms with Gasteiger partial charge >= 0.3 is 5.97 Å². The Bertz CT molecular complexity index is 559. The van der Waals surface area contributed by atoms with E-state index in [9.17, 15) is 14.7 Å². The van der Waals surface area contributed by atoms with Crippen LogP contribution in [0.25, 0.3) is 0 Å². The lowest BCUT2D eigenvalue weighted by molar-refractivity contribution is -0.124. The fourth-order valence-electron chi connectivity index (χ4n) is 2.86. The number of anilines is 1. The van der Waals surface area contributed by atoms with E-state index in [0.29, 0.717) is 18.7 Å². The summed E-state index contributed by atoms with van der Waals surface area (Å²) in [6.45, 7) is 3.09. The summed E-state index contributed by atoms with van der Waals surface area (Å²) in [7, 11) is 0. The summed E-state index contributed by atoms with van der Waals surface area (Å²) in [5, 5.41) is 9.31. The average Bonchev–Trinajstić information content (AvgIpc) is 2.40. The molecule has 2 rings (SSSR count). The first kappa shape index (κ1) is 15.3. The van der Waals surface area contributed by atoms with Crippen LogP contribution in [0, 0.1) is 5.92 Å². The summed E-state index contributed by atoms with van der Waals surface area (Å²) in [6.07, 6.45) is 1.66. The molecule has 114 valence electrons. The number of hydrogen-bond donors (Lipinski definition) is 3. The van der Waals surface area contributed by atoms with E-state index >= 15 is 0 Å². The Morgan fingerprint density at radius 2 is 2.10 bits per heavy atom. The smallest absolute Gasteiger partial charge is 0.338 e. The Morgan fingerprint density at radius 1 is 1.38 bits per heavy atom. The number of carbonyl (C=O) groups excluding carboxylic acids is 1. The molecule has 0 aliphatic carbocycles. The highest BCUT2D eigenvalue weighted by atomic mass is 16.4. The second-order valence-electron chi connectivity index (χ2n) is 5.64. The molecule has 1 saturated heterocycles. The van der Waals surface area contributed by atoms with Crippen LogP contribution in [0.2, 0.25) is 0 Å². The molecular formula is C15H21N3O3. The number of rotatable bonds is 4. The molecule has 1 aromatic rings. The predicted molar refractivity (Wildman–Crippen MR) is 79.6 cm³/mol. The van der Waals surface area contributed by atoms with Gasteiger partial charge in [-0.1, -0.05) is 12.1 Å². The Morgan fingerprint density at radius 3 is 2.71 bits per heavy atom. The molecular weight excluding hydrogens is 270 g/mol. The Labute approximate surface area is 123 Å². The minimum Gasteiger partial charge on any atom is -0.478 e. The van der Waals surface area contributed by atoms with Crippen molar-refractivity contribution in [1.29, 1.82) is 0 Å². The van der Waals surface area contributed by atoms with Crippen molar-refractivity contribution < 1.29 is 14.7 Å². The van der Waals surface area contributed by atoms with Crippen LogP contribution in [0.5, 0.6) is 0 Å². The molecule has 0 saturated carbocycles. The molecule has 0 radical (unpaired) electrons. The maximum absolute atomic E-state index is 11.4. The molecule has 0 bridgehead atoms. The van der Waals surface area contributed by atoms with Gasteiger partial charge in [-0.05, 0) is 31.4 Å². The summed E-state index contributed by atoms with van der Waals surface area (Å²) in [5.41, 5.74) is 12.2. The molecule has 1 aromatic carbocycles. The van der Waals surface area contributed by atoms with E-state index in [-0.39, 0.29) is 29.1 Å². The van der Waals surface area contributed by atoms with Crippen molar-refractivity contribution in [2.45, 2.75) is 32.4 Å². The molecule has 1 heterocycles. The number of nitrogens with two attached hydrogens (primary N) is 2. The van der Waals surface area contributed by atoms with Crippen molar-refractivity contribution in [3.8, 4) is 0 Å². The van der Waals surface area contributed by atoms with Crippen LogP contribution in [0.3, 0.4) is 0 Å². The molecule has 2 atom stereocenters. The summed E-state index contributed by atoms with van der Waals surface area (Å²) < 4.78 is 0. The van der Waals surface area contributed by atoms with Crippen molar-refractivity contribution in [3.63, 3.8) is 0 Å². The minimum absolute atomic E-state index is 0.144. The van der Waals surface area contributed by atoms with Crippen molar-refractivity contribution in [1.82, 2.24) is 4.90 Å². The Hall–Kier alpha value is -2.08. The molecule has 5 N–H and O–H groups in total. The molecule has 1 aliphatic rings. The number of likely N-dealkylation sites (tertiary alicyclic amines) is 1. The number of aromatic carboxylic acids is 1. The van der Waals surface area contributed by atoms with Crippen LogP contribution < -0.4 is 11.5 Å². The molecule has 0 aromatic heterocycles. The van der Waals surface area contributed by atoms with E-state index < -0.39 is 5.97 Å². The van der Waals surface area contributed by atoms with Gasteiger partial charge in [-0.3, -0.25) is 9.69 Å². The van der Waals surface area contributed by atoms with E-state index in [0.717, 1.165) is 12.8 Å². The van der Waals surface area contributed by atoms with Crippen molar-refractivity contribution in [2.24, 2.45) is 11.7 Å². The van der Waals surface area contributed by atoms with E-state index in [1.807, 2.05) is 0 Å². The number of benzene rings is 1. The predicted octanol–water partition coefficient (Wildman–Crippen LogP) is 1.05. The lowest BCUT2D eigenvalue weighted by atomic mass is 9.92. The Balaban J connectivity index is 2.22. The minimum atomic E-state index is -1.03. The molecule has 6 heteroatoms. The number of nitrogens with zero attached hydrogens (tertiary/aromatic N) is 1. The van der Waals surface area contributed by atoms with Gasteiger partial charge < -0.3 is 16.6 Å². The van der Waals surface area contributed by atoms with Crippen LogP contribution in [0.4, 0.5) is 5.69 Å². The van der Waals surface area contributed by atoms with Crippen molar-refractivity contribution >= 4 is 17.6 Å². The number of carboxylic acid groups (broad SMARTS) is 1. The average molecular weight is 291 g/mol. The molecule has 1 fully saturated rings. The number of primary amides is 1. The van der Waals surface area contributed by atoms with Gasteiger partial charge in [0, 0.05) is 24.8 Å². The topological polar surface area (TPSA) is 110 Å². The lowest BCUT2D eigenvalue weighted by Crippen LogP contribution is -2.45. The zero-order valence-electron chi connectivity index (χ0n) is 12.1. The van der Waals surface area contributed by atoms with E-state index in [4.69, 9.17) is 11.5 Å². The number of piperidine rings is 1. The van der Waals surface area contributed by atoms with Crippen LogP contribution >= 0.6 is 0 Å². The third-order valence-corrected chi connectivity index (χ3v) is 4.18. The van der Waals surface area contributed by atoms with Crippen LogP contribution in [-0.4, -0.2) is 34.5 Å². The van der Waals surface area contributed by atoms with E-state index in [1.165, 1.54) is 0 Å². The first-order valence-electron chi connectivity index (χ1n) is 7.04. The maximum atomic E-state index is 11.4. The molecule has 0 spiro atoms. The number of nitrogen functional groups attached to an aromatic ring is 1. The fourth-order valence-corrected chi connectivity index (χ4v) is 2.86. The molecule has 1 amide bonds. The highest BCUT2D eigenvalue weighted by Crippen LogP contribution is 2.26. The summed E-state index contributed by atoms with van der Waals surface area (Å²) in [5.74, 6) is -1.49. The number of carbonyl (C=O) groups is 2. The third kappa shape index (κ3) is 3.33. The number of carboxylic acids is 1. The van der Waals surface area contributed by atoms with Crippen LogP contribution in [0.15, 0.2) is 18.2 Å². The highest BCUT2D eigenvalue weighted by Gasteiger charge is 2.29. The van der Waals surface area contributed by atoms with Crippen molar-refractivity contribution in [3.05, 3.63) is 29.3 Å². The first-order chi connectivity index (χ1) is 9.90. The van der Waals surface area contributed by atoms with Crippen LogP contribution in [-0.2, 0) is 11.3 Å². The molecule has 6 nitrogen and oxygen atoms in total. The first-order valence-corrected chi connectivity index (χ1v) is 7.04. The molecule has 21 heavy (non-hydrogen) atoms. The maximum Gasteiger partial charge on any atom is 0.338 e. The zero-order chi connectivity index (χ0) is 15.6. The summed E-state index contributed by atoms with van der Waals surface area (Å²) in [6, 6.07) is 5.37. The monoisotopic (exact) mass is 291 g/mol. The zero-order valence-corrected chi connectivity index (χ0v) is 12.1. The highest BCUT2D eigenvalue weighted by molar-refractivity contribution is 5.95. The fraction of sp³-hybridized carbons (Fsp3) is 0.467. The van der Waals surface area contributed by atoms with Gasteiger partial charge in [-0.25, -0.2) is 4.79 Å². The van der Waals surface area contributed by atoms with E-state index in [1.54, 1.807) is 18.2 Å². The second kappa shape index (κ2) is 6.13. The third-order valence-electron chi connectivity index (χ3n) is 4.18. The molecule has 1 aliphatic heterocycles. The van der Waals surface area contributed by atoms with Gasteiger partial charge in [-0.2, -0.15) is 0 Å². The quantitative estimate of drug-likeness (QED) is 0.718. The number of amides is 1. The SMILES string of the molecule is CC1CCC(C(N)=O)CN1Cc1cccc(N)c1C(=O)O. The molecule has 2 unspecified atom stereocenters. The van der Waals surface area contributed by atoms with Crippen molar-refractivity contribution in [2.75, 3.05) is 12.3 Å². The summed E-state index contributed by atoms with van der Waals surface area (Å²) in [4.78, 5) is 24.8. The normalized spacial score (nSPS) is 22.9. The second-order valence-corrected chi connectivity index (χ2v) is 5.64.